The van der Waals surface area contributed by atoms with E-state index in [0.717, 1.165) is 69.2 Å². The van der Waals surface area contributed by atoms with Crippen molar-refractivity contribution in [2.24, 2.45) is 10.9 Å². The van der Waals surface area contributed by atoms with Gasteiger partial charge in [-0.3, -0.25) is 9.79 Å². The molecule has 5 heteroatoms. The average molecular weight is 578 g/mol. The second-order valence-corrected chi connectivity index (χ2v) is 12.8. The van der Waals surface area contributed by atoms with Gasteiger partial charge < -0.3 is 15.4 Å². The largest absolute Gasteiger partial charge is 0.484 e. The lowest BCUT2D eigenvalue weighted by Gasteiger charge is -2.26. The van der Waals surface area contributed by atoms with E-state index in [1.165, 1.54) is 52.1 Å². The third-order valence-electron chi connectivity index (χ3n) is 9.80. The van der Waals surface area contributed by atoms with E-state index < -0.39 is 0 Å². The highest BCUT2D eigenvalue weighted by Crippen LogP contribution is 2.42. The third-order valence-corrected chi connectivity index (χ3v) is 9.80. The van der Waals surface area contributed by atoms with Gasteiger partial charge in [-0.1, -0.05) is 56.2 Å². The van der Waals surface area contributed by atoms with Crippen LogP contribution < -0.4 is 15.4 Å². The van der Waals surface area contributed by atoms with Crippen LogP contribution in [0.2, 0.25) is 0 Å². The highest BCUT2D eigenvalue weighted by molar-refractivity contribution is 6.03. The number of carbonyl (C=O) groups excluding carboxylic acids is 1. The molecule has 0 spiro atoms. The van der Waals surface area contributed by atoms with E-state index in [4.69, 9.17) is 9.73 Å². The van der Waals surface area contributed by atoms with E-state index in [2.05, 4.69) is 80.0 Å². The van der Waals surface area contributed by atoms with Crippen molar-refractivity contribution in [2.75, 3.05) is 11.9 Å². The molecule has 1 fully saturated rings. The topological polar surface area (TPSA) is 62.7 Å². The highest BCUT2D eigenvalue weighted by atomic mass is 16.5. The maximum absolute atomic E-state index is 12.4. The van der Waals surface area contributed by atoms with Gasteiger partial charge in [-0.25, -0.2) is 0 Å². The van der Waals surface area contributed by atoms with Crippen LogP contribution in [0.15, 0.2) is 70.3 Å². The number of nitrogens with zero attached hydrogens (tertiary/aromatic N) is 1. The molecule has 0 bridgehead atoms. The summed E-state index contributed by atoms with van der Waals surface area (Å²) in [7, 11) is 0. The lowest BCUT2D eigenvalue weighted by atomic mass is 9.84. The first kappa shape index (κ1) is 29.5. The molecule has 2 unspecified atom stereocenters. The predicted molar refractivity (Wildman–Crippen MR) is 179 cm³/mol. The summed E-state index contributed by atoms with van der Waals surface area (Å²) >= 11 is 0. The zero-order valence-electron chi connectivity index (χ0n) is 26.2. The van der Waals surface area contributed by atoms with Gasteiger partial charge >= 0.3 is 0 Å². The van der Waals surface area contributed by atoms with Gasteiger partial charge in [0.25, 0.3) is 5.91 Å². The van der Waals surface area contributed by atoms with E-state index >= 15 is 0 Å². The fourth-order valence-corrected chi connectivity index (χ4v) is 7.10. The minimum Gasteiger partial charge on any atom is -0.484 e. The number of fused-ring (bicyclic) bond motifs is 1. The Labute approximate surface area is 257 Å². The van der Waals surface area contributed by atoms with E-state index in [-0.39, 0.29) is 12.5 Å². The Kier molecular flexibility index (Phi) is 9.16. The average Bonchev–Trinajstić information content (AvgIpc) is 3.48. The SMILES string of the molecule is CC/C1=C(\c2cccc(OCC(=O)NC3CCC3)c2)C(C)CCC(=Nc2ccc3c(c2)C=CC(CC)N3)C2=C(CCC2)C1. The van der Waals surface area contributed by atoms with Crippen LogP contribution in [0.25, 0.3) is 11.6 Å². The zero-order chi connectivity index (χ0) is 29.8. The number of aliphatic imine (C=N–C) groups is 1. The lowest BCUT2D eigenvalue weighted by Crippen LogP contribution is -2.41. The number of nitrogens with one attached hydrogen (secondary N) is 2. The Morgan fingerprint density at radius 1 is 1.05 bits per heavy atom. The second kappa shape index (κ2) is 13.4. The Morgan fingerprint density at radius 2 is 1.93 bits per heavy atom. The first-order valence-electron chi connectivity index (χ1n) is 16.6. The minimum atomic E-state index is -0.0248. The van der Waals surface area contributed by atoms with Crippen molar-refractivity contribution in [3.05, 3.63) is 76.4 Å². The van der Waals surface area contributed by atoms with Crippen LogP contribution in [0.5, 0.6) is 5.75 Å². The molecule has 2 N–H and O–H groups in total. The molecule has 6 rings (SSSR count). The number of allylic oxidation sites excluding steroid dienone is 4. The molecule has 3 aliphatic carbocycles. The number of amides is 1. The normalized spacial score (nSPS) is 24.8. The van der Waals surface area contributed by atoms with Crippen LogP contribution in [0.4, 0.5) is 11.4 Å². The van der Waals surface area contributed by atoms with E-state index in [1.54, 1.807) is 5.57 Å². The predicted octanol–water partition coefficient (Wildman–Crippen LogP) is 9.19. The van der Waals surface area contributed by atoms with E-state index in [1.807, 2.05) is 6.07 Å². The Balaban J connectivity index is 1.24. The summed E-state index contributed by atoms with van der Waals surface area (Å²) < 4.78 is 5.99. The van der Waals surface area contributed by atoms with Gasteiger partial charge in [-0.2, -0.15) is 0 Å². The minimum absolute atomic E-state index is 0.0248. The van der Waals surface area contributed by atoms with E-state index in [9.17, 15) is 4.79 Å². The first-order chi connectivity index (χ1) is 21.0. The van der Waals surface area contributed by atoms with Gasteiger partial charge in [0, 0.05) is 23.5 Å². The number of hydrogen-bond donors (Lipinski definition) is 2. The van der Waals surface area contributed by atoms with Crippen LogP contribution in [0.1, 0.15) is 103 Å². The maximum atomic E-state index is 12.4. The molecule has 2 atom stereocenters. The van der Waals surface area contributed by atoms with Gasteiger partial charge in [0.05, 0.1) is 5.69 Å². The quantitative estimate of drug-likeness (QED) is 0.329. The van der Waals surface area contributed by atoms with Crippen molar-refractivity contribution in [1.82, 2.24) is 5.32 Å². The summed E-state index contributed by atoms with van der Waals surface area (Å²) in [5, 5.41) is 6.70. The van der Waals surface area contributed by atoms with Gasteiger partial charge in [0.2, 0.25) is 0 Å². The highest BCUT2D eigenvalue weighted by Gasteiger charge is 2.26. The lowest BCUT2D eigenvalue weighted by molar-refractivity contribution is -0.124. The molecule has 0 radical (unpaired) electrons. The molecule has 5 nitrogen and oxygen atoms in total. The number of benzene rings is 2. The van der Waals surface area contributed by atoms with Crippen molar-refractivity contribution in [3.8, 4) is 5.75 Å². The summed E-state index contributed by atoms with van der Waals surface area (Å²) in [6.45, 7) is 6.95. The smallest absolute Gasteiger partial charge is 0.258 e. The van der Waals surface area contributed by atoms with Gasteiger partial charge in [-0.05, 0) is 129 Å². The number of carbonyl (C=O) groups is 1. The molecular formula is C38H47N3O2. The first-order valence-corrected chi connectivity index (χ1v) is 16.6. The zero-order valence-corrected chi connectivity index (χ0v) is 26.2. The monoisotopic (exact) mass is 577 g/mol. The van der Waals surface area contributed by atoms with Crippen molar-refractivity contribution in [3.63, 3.8) is 0 Å². The van der Waals surface area contributed by atoms with Gasteiger partial charge in [0.1, 0.15) is 5.75 Å². The molecule has 0 saturated heterocycles. The Morgan fingerprint density at radius 3 is 2.72 bits per heavy atom. The molecule has 2 aromatic rings. The van der Waals surface area contributed by atoms with Crippen molar-refractivity contribution >= 4 is 34.6 Å². The van der Waals surface area contributed by atoms with Crippen molar-refractivity contribution in [1.29, 1.82) is 0 Å². The maximum Gasteiger partial charge on any atom is 0.258 e. The number of hydrogen-bond acceptors (Lipinski definition) is 4. The standard InChI is InChI=1S/C38H47N3O2/c1-4-26-21-27-9-7-14-34(27)36(40-32-18-20-35-28(22-32)16-17-30(5-2)39-35)19-15-25(3)38(26)29-10-6-13-33(23-29)43-24-37(42)41-31-11-8-12-31/h6,10,13,16-18,20,22-23,25,30-31,39H,4-5,7-9,11-12,14-15,19,21,24H2,1-3H3,(H,41,42)/b38-26+,40-36?. The third kappa shape index (κ3) is 6.82. The molecule has 1 amide bonds. The van der Waals surface area contributed by atoms with Crippen LogP contribution in [0, 0.1) is 5.92 Å². The summed E-state index contributed by atoms with van der Waals surface area (Å²) in [6, 6.07) is 15.8. The van der Waals surface area contributed by atoms with Crippen LogP contribution in [-0.2, 0) is 4.79 Å². The summed E-state index contributed by atoms with van der Waals surface area (Å²) in [6.07, 6.45) is 16.5. The fourth-order valence-electron chi connectivity index (χ4n) is 7.10. The molecular weight excluding hydrogens is 530 g/mol. The molecule has 1 heterocycles. The van der Waals surface area contributed by atoms with Crippen LogP contribution in [0.3, 0.4) is 0 Å². The van der Waals surface area contributed by atoms with Crippen molar-refractivity contribution < 1.29 is 9.53 Å². The summed E-state index contributed by atoms with van der Waals surface area (Å²) in [5.41, 5.74) is 12.0. The summed E-state index contributed by atoms with van der Waals surface area (Å²) in [4.78, 5) is 17.7. The van der Waals surface area contributed by atoms with Crippen LogP contribution in [-0.4, -0.2) is 30.3 Å². The van der Waals surface area contributed by atoms with Crippen molar-refractivity contribution in [2.45, 2.75) is 103 Å². The molecule has 226 valence electrons. The number of anilines is 1. The Hall–Kier alpha value is -3.60. The summed E-state index contributed by atoms with van der Waals surface area (Å²) in [5.74, 6) is 1.13. The number of ether oxygens (including phenoxy) is 1. The molecule has 0 aromatic heterocycles. The molecule has 2 aromatic carbocycles. The second-order valence-electron chi connectivity index (χ2n) is 12.8. The molecule has 1 aliphatic heterocycles. The number of rotatable bonds is 8. The van der Waals surface area contributed by atoms with Gasteiger partial charge in [-0.15, -0.1) is 0 Å². The molecule has 43 heavy (non-hydrogen) atoms. The van der Waals surface area contributed by atoms with E-state index in [0.29, 0.717) is 18.0 Å². The molecule has 4 aliphatic rings. The molecule has 1 saturated carbocycles. The Bertz CT molecular complexity index is 1480. The van der Waals surface area contributed by atoms with Crippen LogP contribution >= 0.6 is 0 Å². The fraction of sp³-hybridized carbons (Fsp3) is 0.474. The van der Waals surface area contributed by atoms with Gasteiger partial charge in [0.15, 0.2) is 6.61 Å².